The maximum atomic E-state index is 4.56. The quantitative estimate of drug-likeness (QED) is 0.376. The first-order chi connectivity index (χ1) is 16.9. The van der Waals surface area contributed by atoms with Crippen LogP contribution in [0.15, 0.2) is 79.4 Å². The summed E-state index contributed by atoms with van der Waals surface area (Å²) < 4.78 is 0. The van der Waals surface area contributed by atoms with Crippen molar-refractivity contribution < 1.29 is 0 Å². The zero-order valence-electron chi connectivity index (χ0n) is 21.9. The van der Waals surface area contributed by atoms with E-state index in [9.17, 15) is 0 Å². The minimum Gasteiger partial charge on any atom is -0.388 e. The highest BCUT2D eigenvalue weighted by Crippen LogP contribution is 2.33. The second-order valence-corrected chi connectivity index (χ2v) is 9.31. The van der Waals surface area contributed by atoms with E-state index in [4.69, 9.17) is 0 Å². The van der Waals surface area contributed by atoms with Crippen molar-refractivity contribution in [3.63, 3.8) is 0 Å². The van der Waals surface area contributed by atoms with Crippen LogP contribution in [0.4, 0.5) is 11.4 Å². The molecule has 1 aromatic heterocycles. The lowest BCUT2D eigenvalue weighted by molar-refractivity contribution is 0.417. The average molecular weight is 472 g/mol. The Balaban J connectivity index is 1.79. The summed E-state index contributed by atoms with van der Waals surface area (Å²) in [6.45, 7) is 13.9. The summed E-state index contributed by atoms with van der Waals surface area (Å²) in [5.41, 5.74) is 8.13. The van der Waals surface area contributed by atoms with Gasteiger partial charge in [-0.1, -0.05) is 31.4 Å². The van der Waals surface area contributed by atoms with Gasteiger partial charge in [-0.05, 0) is 82.1 Å². The molecule has 1 saturated heterocycles. The Bertz CT molecular complexity index is 1070. The van der Waals surface area contributed by atoms with E-state index >= 15 is 0 Å². The first-order valence-corrected chi connectivity index (χ1v) is 12.6. The van der Waals surface area contributed by atoms with Gasteiger partial charge in [-0.15, -0.1) is 0 Å². The van der Waals surface area contributed by atoms with E-state index in [0.29, 0.717) is 0 Å². The van der Waals surface area contributed by atoms with Crippen molar-refractivity contribution >= 4 is 16.9 Å². The molecule has 0 atom stereocenters. The SMILES string of the molecule is C=C(NC(/C=C\CCN(C)C)=C/C)C(=C)c1cc(-c2cncc(N3CCCCC3)c2)ccc1NC. The number of allylic oxidation sites excluding steroid dienone is 3. The van der Waals surface area contributed by atoms with E-state index < -0.39 is 0 Å². The molecule has 0 unspecified atom stereocenters. The molecule has 0 radical (unpaired) electrons. The number of pyridine rings is 1. The maximum absolute atomic E-state index is 4.56. The molecular formula is C30H41N5. The third-order valence-electron chi connectivity index (χ3n) is 6.40. The number of nitrogens with one attached hydrogen (secondary N) is 2. The number of hydrogen-bond acceptors (Lipinski definition) is 5. The Kier molecular flexibility index (Phi) is 9.74. The fourth-order valence-corrected chi connectivity index (χ4v) is 4.27. The molecule has 2 aromatic rings. The van der Waals surface area contributed by atoms with E-state index in [1.807, 2.05) is 26.4 Å². The van der Waals surface area contributed by atoms with Gasteiger partial charge >= 0.3 is 0 Å². The Morgan fingerprint density at radius 1 is 1.09 bits per heavy atom. The fourth-order valence-electron chi connectivity index (χ4n) is 4.27. The van der Waals surface area contributed by atoms with Gasteiger partial charge in [0.2, 0.25) is 0 Å². The molecule has 1 aliphatic heterocycles. The van der Waals surface area contributed by atoms with Crippen LogP contribution < -0.4 is 15.5 Å². The summed E-state index contributed by atoms with van der Waals surface area (Å²) >= 11 is 0. The number of nitrogens with zero attached hydrogens (tertiary/aromatic N) is 3. The predicted octanol–water partition coefficient (Wildman–Crippen LogP) is 6.31. The number of rotatable bonds is 11. The highest BCUT2D eigenvalue weighted by Gasteiger charge is 2.14. The maximum Gasteiger partial charge on any atom is 0.0558 e. The minimum atomic E-state index is 0.782. The first-order valence-electron chi connectivity index (χ1n) is 12.6. The van der Waals surface area contributed by atoms with Crippen LogP contribution in [-0.2, 0) is 0 Å². The van der Waals surface area contributed by atoms with Crippen molar-refractivity contribution in [3.05, 3.63) is 85.0 Å². The molecule has 1 aliphatic rings. The number of aromatic nitrogens is 1. The third-order valence-corrected chi connectivity index (χ3v) is 6.40. The molecule has 0 amide bonds. The van der Waals surface area contributed by atoms with Gasteiger partial charge in [0.05, 0.1) is 11.9 Å². The molecule has 1 fully saturated rings. The summed E-state index contributed by atoms with van der Waals surface area (Å²) in [4.78, 5) is 9.18. The van der Waals surface area contributed by atoms with Crippen LogP contribution in [0.25, 0.3) is 16.7 Å². The lowest BCUT2D eigenvalue weighted by Crippen LogP contribution is -2.29. The summed E-state index contributed by atoms with van der Waals surface area (Å²) in [6, 6.07) is 8.68. The molecule has 2 heterocycles. The van der Waals surface area contributed by atoms with Crippen LogP contribution in [-0.4, -0.2) is 50.7 Å². The lowest BCUT2D eigenvalue weighted by atomic mass is 9.97. The highest BCUT2D eigenvalue weighted by molar-refractivity contribution is 5.86. The van der Waals surface area contributed by atoms with E-state index in [0.717, 1.165) is 65.4 Å². The van der Waals surface area contributed by atoms with Crippen molar-refractivity contribution in [3.8, 4) is 11.1 Å². The molecule has 0 bridgehead atoms. The number of hydrogen-bond donors (Lipinski definition) is 2. The summed E-state index contributed by atoms with van der Waals surface area (Å²) in [5.74, 6) is 0. The molecule has 3 rings (SSSR count). The van der Waals surface area contributed by atoms with Gasteiger partial charge in [-0.25, -0.2) is 0 Å². The smallest absolute Gasteiger partial charge is 0.0558 e. The van der Waals surface area contributed by atoms with Crippen LogP contribution in [0.2, 0.25) is 0 Å². The highest BCUT2D eigenvalue weighted by atomic mass is 15.1. The topological polar surface area (TPSA) is 43.4 Å². The van der Waals surface area contributed by atoms with Crippen molar-refractivity contribution in [2.45, 2.75) is 32.6 Å². The first kappa shape index (κ1) is 26.3. The van der Waals surface area contributed by atoms with Crippen LogP contribution >= 0.6 is 0 Å². The summed E-state index contributed by atoms with van der Waals surface area (Å²) in [6.07, 6.45) is 15.1. The second-order valence-electron chi connectivity index (χ2n) is 9.31. The second kappa shape index (κ2) is 13.0. The van der Waals surface area contributed by atoms with Crippen LogP contribution in [0.5, 0.6) is 0 Å². The molecule has 5 nitrogen and oxygen atoms in total. The molecule has 1 aromatic carbocycles. The molecule has 35 heavy (non-hydrogen) atoms. The van der Waals surface area contributed by atoms with Crippen molar-refractivity contribution in [2.24, 2.45) is 0 Å². The van der Waals surface area contributed by atoms with Gasteiger partial charge in [0, 0.05) is 61.1 Å². The zero-order valence-corrected chi connectivity index (χ0v) is 21.9. The van der Waals surface area contributed by atoms with Gasteiger partial charge in [-0.3, -0.25) is 4.98 Å². The number of anilines is 2. The standard InChI is InChI=1S/C30H41N5/c1-7-27(13-9-12-16-34(5)6)33-24(3)23(2)29-20-25(14-15-30(29)31-4)26-19-28(22-32-21-26)35-17-10-8-11-18-35/h7,9,13-15,19-22,31,33H,2-3,8,10-12,16-18H2,1,4-6H3/b13-9-,27-7+. The molecule has 5 heteroatoms. The van der Waals surface area contributed by atoms with E-state index in [1.54, 1.807) is 0 Å². The van der Waals surface area contributed by atoms with Crippen LogP contribution in [0, 0.1) is 0 Å². The van der Waals surface area contributed by atoms with E-state index in [1.165, 1.54) is 24.9 Å². The molecule has 0 saturated carbocycles. The van der Waals surface area contributed by atoms with Gasteiger partial charge in [0.15, 0.2) is 0 Å². The normalized spacial score (nSPS) is 14.4. The van der Waals surface area contributed by atoms with Gasteiger partial charge in [0.25, 0.3) is 0 Å². The van der Waals surface area contributed by atoms with Gasteiger partial charge < -0.3 is 20.4 Å². The molecule has 186 valence electrons. The molecule has 0 aliphatic carbocycles. The Morgan fingerprint density at radius 2 is 1.86 bits per heavy atom. The minimum absolute atomic E-state index is 0.782. The monoisotopic (exact) mass is 471 g/mol. The van der Waals surface area contributed by atoms with Gasteiger partial charge in [-0.2, -0.15) is 0 Å². The zero-order chi connectivity index (χ0) is 25.2. The Morgan fingerprint density at radius 3 is 2.54 bits per heavy atom. The predicted molar refractivity (Wildman–Crippen MR) is 153 cm³/mol. The molecular weight excluding hydrogens is 430 g/mol. The summed E-state index contributed by atoms with van der Waals surface area (Å²) in [5, 5.41) is 6.74. The van der Waals surface area contributed by atoms with E-state index in [2.05, 4.69) is 95.2 Å². The Labute approximate surface area is 211 Å². The van der Waals surface area contributed by atoms with Crippen LogP contribution in [0.3, 0.4) is 0 Å². The molecule has 2 N–H and O–H groups in total. The third kappa shape index (κ3) is 7.33. The molecule has 0 spiro atoms. The van der Waals surface area contributed by atoms with Gasteiger partial charge in [0.1, 0.15) is 0 Å². The lowest BCUT2D eigenvalue weighted by Gasteiger charge is -2.28. The number of piperidine rings is 1. The number of benzene rings is 1. The fraction of sp³-hybridized carbons (Fsp3) is 0.367. The van der Waals surface area contributed by atoms with Crippen molar-refractivity contribution in [1.82, 2.24) is 15.2 Å². The van der Waals surface area contributed by atoms with Crippen molar-refractivity contribution in [2.75, 3.05) is 51.0 Å². The largest absolute Gasteiger partial charge is 0.388 e. The van der Waals surface area contributed by atoms with Crippen LogP contribution in [0.1, 0.15) is 38.2 Å². The van der Waals surface area contributed by atoms with E-state index in [-0.39, 0.29) is 0 Å². The van der Waals surface area contributed by atoms with Crippen molar-refractivity contribution in [1.29, 1.82) is 0 Å². The Hall–Kier alpha value is -3.31. The summed E-state index contributed by atoms with van der Waals surface area (Å²) in [7, 11) is 6.11. The average Bonchev–Trinajstić information content (AvgIpc) is 2.89.